The summed E-state index contributed by atoms with van der Waals surface area (Å²) in [5.41, 5.74) is 2.66. The van der Waals surface area contributed by atoms with Crippen molar-refractivity contribution >= 4 is 23.2 Å². The van der Waals surface area contributed by atoms with Crippen LogP contribution >= 0.6 is 11.3 Å². The first-order chi connectivity index (χ1) is 20.0. The Morgan fingerprint density at radius 2 is 1.73 bits per heavy atom. The third-order valence-corrected chi connectivity index (χ3v) is 8.49. The third-order valence-electron chi connectivity index (χ3n) is 7.60. The lowest BCUT2D eigenvalue weighted by Crippen LogP contribution is -2.28. The van der Waals surface area contributed by atoms with E-state index in [0.29, 0.717) is 35.8 Å². The van der Waals surface area contributed by atoms with E-state index in [1.54, 1.807) is 11.3 Å². The Labute approximate surface area is 242 Å². The smallest absolute Gasteiger partial charge is 0.257 e. The molecule has 4 aromatic rings. The molecule has 2 aromatic carbocycles. The van der Waals surface area contributed by atoms with Crippen LogP contribution in [0.2, 0.25) is 0 Å². The number of likely N-dealkylation sites (tertiary alicyclic amines) is 2. The van der Waals surface area contributed by atoms with Gasteiger partial charge in [0.05, 0.1) is 6.04 Å². The fourth-order valence-corrected chi connectivity index (χ4v) is 5.99. The zero-order chi connectivity index (χ0) is 28.3. The molecular weight excluding hydrogens is 540 g/mol. The largest absolute Gasteiger partial charge is 0.457 e. The molecule has 7 rings (SSSR count). The Morgan fingerprint density at radius 1 is 0.976 bits per heavy atom. The topological polar surface area (TPSA) is 115 Å². The van der Waals surface area contributed by atoms with Crippen LogP contribution < -0.4 is 4.74 Å². The summed E-state index contributed by atoms with van der Waals surface area (Å²) in [6.07, 6.45) is 7.24. The normalized spacial score (nSPS) is 17.5. The Morgan fingerprint density at radius 3 is 2.34 bits per heavy atom. The van der Waals surface area contributed by atoms with Crippen LogP contribution in [0.15, 0.2) is 53.3 Å². The van der Waals surface area contributed by atoms with Crippen LogP contribution in [-0.2, 0) is 9.59 Å². The molecule has 2 amide bonds. The Hall–Kier alpha value is -4.12. The number of carbonyl (C=O) groups is 2. The van der Waals surface area contributed by atoms with E-state index in [4.69, 9.17) is 9.26 Å². The lowest BCUT2D eigenvalue weighted by Gasteiger charge is -2.26. The van der Waals surface area contributed by atoms with E-state index in [1.807, 2.05) is 66.1 Å². The zero-order valence-corrected chi connectivity index (χ0v) is 24.0. The molecule has 212 valence electrons. The van der Waals surface area contributed by atoms with Gasteiger partial charge in [-0.15, -0.1) is 10.2 Å². The summed E-state index contributed by atoms with van der Waals surface area (Å²) in [5.74, 6) is 2.29. The number of hydrogen-bond acceptors (Lipinski definition) is 9. The fourth-order valence-electron chi connectivity index (χ4n) is 5.29. The summed E-state index contributed by atoms with van der Waals surface area (Å²) in [6.45, 7) is 5.74. The number of hydrogen-bond donors (Lipinski definition) is 0. The van der Waals surface area contributed by atoms with Gasteiger partial charge in [-0.05, 0) is 75.9 Å². The van der Waals surface area contributed by atoms with Gasteiger partial charge in [-0.3, -0.25) is 9.59 Å². The summed E-state index contributed by atoms with van der Waals surface area (Å²) in [4.78, 5) is 31.4. The molecule has 1 saturated carbocycles. The molecule has 1 atom stereocenters. The number of rotatable bonds is 7. The molecule has 0 radical (unpaired) electrons. The molecule has 0 spiro atoms. The molecule has 11 heteroatoms. The second kappa shape index (κ2) is 11.8. The molecule has 41 heavy (non-hydrogen) atoms. The highest BCUT2D eigenvalue weighted by Crippen LogP contribution is 2.37. The quantitative estimate of drug-likeness (QED) is 0.273. The average Bonchev–Trinajstić information content (AvgIpc) is 3.40. The Kier molecular flexibility index (Phi) is 7.78. The van der Waals surface area contributed by atoms with Crippen LogP contribution in [0, 0.1) is 6.92 Å². The van der Waals surface area contributed by atoms with Crippen molar-refractivity contribution in [3.63, 3.8) is 0 Å². The molecule has 2 aromatic heterocycles. The Bertz CT molecular complexity index is 1520. The van der Waals surface area contributed by atoms with Crippen molar-refractivity contribution in [2.75, 3.05) is 13.1 Å². The molecule has 10 nitrogen and oxygen atoms in total. The monoisotopic (exact) mass is 572 g/mol. The highest BCUT2D eigenvalue weighted by molar-refractivity contribution is 7.14. The lowest BCUT2D eigenvalue weighted by molar-refractivity contribution is -0.129. The van der Waals surface area contributed by atoms with Crippen LogP contribution in [0.4, 0.5) is 0 Å². The van der Waals surface area contributed by atoms with Crippen molar-refractivity contribution in [2.45, 2.75) is 64.5 Å². The van der Waals surface area contributed by atoms with Gasteiger partial charge in [0.15, 0.2) is 6.33 Å². The van der Waals surface area contributed by atoms with E-state index in [9.17, 15) is 9.59 Å². The maximum Gasteiger partial charge on any atom is 0.257 e. The minimum Gasteiger partial charge on any atom is -0.457 e. The van der Waals surface area contributed by atoms with Crippen LogP contribution in [0.5, 0.6) is 11.5 Å². The molecule has 3 fully saturated rings. The molecule has 0 bridgehead atoms. The summed E-state index contributed by atoms with van der Waals surface area (Å²) < 4.78 is 11.5. The third kappa shape index (κ3) is 6.14. The van der Waals surface area contributed by atoms with Crippen molar-refractivity contribution in [1.29, 1.82) is 0 Å². The van der Waals surface area contributed by atoms with Crippen LogP contribution in [0.3, 0.4) is 0 Å². The zero-order valence-electron chi connectivity index (χ0n) is 23.2. The van der Waals surface area contributed by atoms with Gasteiger partial charge in [-0.25, -0.2) is 0 Å². The van der Waals surface area contributed by atoms with Crippen molar-refractivity contribution in [1.82, 2.24) is 30.1 Å². The second-order valence-corrected chi connectivity index (χ2v) is 11.7. The summed E-state index contributed by atoms with van der Waals surface area (Å²) in [7, 11) is 0. The molecule has 1 aliphatic carbocycles. The Balaban J connectivity index is 0.000000283. The van der Waals surface area contributed by atoms with Crippen LogP contribution in [-0.4, -0.2) is 61.1 Å². The second-order valence-electron chi connectivity index (χ2n) is 10.5. The van der Waals surface area contributed by atoms with Crippen molar-refractivity contribution in [3.05, 3.63) is 59.4 Å². The number of amides is 2. The molecule has 0 N–H and O–H groups in total. The van der Waals surface area contributed by atoms with Gasteiger partial charge in [0.2, 0.25) is 11.8 Å². The van der Waals surface area contributed by atoms with E-state index in [0.717, 1.165) is 59.1 Å². The van der Waals surface area contributed by atoms with Gasteiger partial charge in [0.1, 0.15) is 21.5 Å². The van der Waals surface area contributed by atoms with Gasteiger partial charge >= 0.3 is 0 Å². The van der Waals surface area contributed by atoms with Crippen LogP contribution in [0.1, 0.15) is 62.1 Å². The standard InChI is InChI=1S/C23H21N5O3S.C7H11NO/c1-14(28-11-3-4-21(28)29)19-10-7-17(22-24-13-25-31-22)12-20(19)30-18-8-5-16(6-9-18)23-27-26-15(2)32-23;9-7-2-1-5-8(7)6-3-4-6/h5-10,12-14H,3-4,11H2,1-2H3;6H,1-5H2/t14-;/m0./s1. The van der Waals surface area contributed by atoms with E-state index in [-0.39, 0.29) is 11.9 Å². The minimum absolute atomic E-state index is 0.111. The number of ether oxygens (including phenoxy) is 1. The molecule has 0 unspecified atom stereocenters. The van der Waals surface area contributed by atoms with Crippen LogP contribution in [0.25, 0.3) is 22.0 Å². The van der Waals surface area contributed by atoms with E-state index in [1.165, 1.54) is 19.2 Å². The molecule has 2 saturated heterocycles. The van der Waals surface area contributed by atoms with Gasteiger partial charge < -0.3 is 19.1 Å². The number of nitrogens with zero attached hydrogens (tertiary/aromatic N) is 6. The summed E-state index contributed by atoms with van der Waals surface area (Å²) >= 11 is 1.55. The van der Waals surface area contributed by atoms with Gasteiger partial charge in [0, 0.05) is 48.7 Å². The van der Waals surface area contributed by atoms with Crippen molar-refractivity contribution in [2.24, 2.45) is 0 Å². The maximum absolute atomic E-state index is 12.3. The first kappa shape index (κ1) is 27.1. The number of carbonyl (C=O) groups excluding carboxylic acids is 2. The van der Waals surface area contributed by atoms with Crippen molar-refractivity contribution in [3.8, 4) is 33.5 Å². The molecule has 4 heterocycles. The highest BCUT2D eigenvalue weighted by atomic mass is 32.1. The summed E-state index contributed by atoms with van der Waals surface area (Å²) in [5, 5.41) is 13.8. The highest BCUT2D eigenvalue weighted by Gasteiger charge is 2.34. The molecule has 2 aliphatic heterocycles. The van der Waals surface area contributed by atoms with E-state index >= 15 is 0 Å². The van der Waals surface area contributed by atoms with Crippen molar-refractivity contribution < 1.29 is 18.8 Å². The predicted molar refractivity (Wildman–Crippen MR) is 153 cm³/mol. The van der Waals surface area contributed by atoms with Gasteiger partial charge in [0.25, 0.3) is 5.89 Å². The average molecular weight is 573 g/mol. The van der Waals surface area contributed by atoms with E-state index in [2.05, 4.69) is 20.3 Å². The number of aromatic nitrogens is 4. The molecule has 3 aliphatic rings. The number of aryl methyl sites for hydroxylation is 1. The van der Waals surface area contributed by atoms with Gasteiger partial charge in [-0.1, -0.05) is 22.6 Å². The molecular formula is C30H32N6O4S. The lowest BCUT2D eigenvalue weighted by atomic mass is 10.0. The minimum atomic E-state index is -0.111. The van der Waals surface area contributed by atoms with E-state index < -0.39 is 0 Å². The SMILES string of the molecule is Cc1nnc(-c2ccc(Oc3cc(-c4ncno4)ccc3[C@H](C)N3CCCC3=O)cc2)s1.O=C1CCCN1C1CC1. The fraction of sp³-hybridized carbons (Fsp3) is 0.400. The first-order valence-electron chi connectivity index (χ1n) is 14.0. The van der Waals surface area contributed by atoms with Gasteiger partial charge in [-0.2, -0.15) is 4.98 Å². The summed E-state index contributed by atoms with van der Waals surface area (Å²) in [6, 6.07) is 14.0. The number of benzene rings is 2. The first-order valence-corrected chi connectivity index (χ1v) is 14.9. The predicted octanol–water partition coefficient (Wildman–Crippen LogP) is 5.81. The maximum atomic E-state index is 12.3.